The zero-order valence-electron chi connectivity index (χ0n) is 10.2. The van der Waals surface area contributed by atoms with Crippen molar-refractivity contribution >= 4 is 17.7 Å². The number of nitrogens with zero attached hydrogens (tertiary/aromatic N) is 1. The predicted octanol–water partition coefficient (Wildman–Crippen LogP) is -0.193. The van der Waals surface area contributed by atoms with Gasteiger partial charge in [-0.1, -0.05) is 35.5 Å². The maximum atomic E-state index is 11.4. The average Bonchev–Trinajstić information content (AvgIpc) is 2.42. The number of amides is 1. The van der Waals surface area contributed by atoms with Crippen molar-refractivity contribution in [2.24, 2.45) is 5.16 Å². The first-order valence-electron chi connectivity index (χ1n) is 5.63. The Labute approximate surface area is 109 Å². The van der Waals surface area contributed by atoms with Crippen LogP contribution in [0.4, 0.5) is 0 Å². The molecule has 0 radical (unpaired) electrons. The van der Waals surface area contributed by atoms with Gasteiger partial charge in [0.1, 0.15) is 6.54 Å². The number of carbonyl (C=O) groups is 2. The number of carbonyl (C=O) groups excluding carboxylic acids is 1. The molecule has 1 amide bonds. The molecule has 7 nitrogen and oxygen atoms in total. The van der Waals surface area contributed by atoms with Crippen molar-refractivity contribution in [2.75, 3.05) is 13.1 Å². The van der Waals surface area contributed by atoms with E-state index >= 15 is 0 Å². The summed E-state index contributed by atoms with van der Waals surface area (Å²) in [6.07, 6.45) is 0.645. The lowest BCUT2D eigenvalue weighted by molar-refractivity contribution is -0.137. The summed E-state index contributed by atoms with van der Waals surface area (Å²) in [7, 11) is 0. The van der Waals surface area contributed by atoms with E-state index < -0.39 is 18.4 Å². The van der Waals surface area contributed by atoms with E-state index in [2.05, 4.69) is 15.8 Å². The van der Waals surface area contributed by atoms with Crippen LogP contribution in [0.25, 0.3) is 0 Å². The number of nitrogens with one attached hydrogen (secondary N) is 2. The van der Waals surface area contributed by atoms with Gasteiger partial charge in [0.15, 0.2) is 0 Å². The molecule has 0 aliphatic heterocycles. The van der Waals surface area contributed by atoms with Crippen molar-refractivity contribution in [3.8, 4) is 0 Å². The maximum Gasteiger partial charge on any atom is 0.322 e. The Kier molecular flexibility index (Phi) is 5.87. The molecule has 0 fully saturated rings. The monoisotopic (exact) mass is 265 g/mol. The lowest BCUT2D eigenvalue weighted by Crippen LogP contribution is -2.42. The van der Waals surface area contributed by atoms with Gasteiger partial charge >= 0.3 is 5.97 Å². The summed E-state index contributed by atoms with van der Waals surface area (Å²) in [6.45, 7) is -0.137. The molecule has 1 aromatic rings. The minimum atomic E-state index is -1.17. The van der Waals surface area contributed by atoms with Crippen molar-refractivity contribution in [3.05, 3.63) is 35.9 Å². The summed E-state index contributed by atoms with van der Waals surface area (Å²) in [5.41, 5.74) is 1.07. The molecule has 0 aromatic heterocycles. The Morgan fingerprint density at radius 2 is 1.84 bits per heavy atom. The zero-order valence-corrected chi connectivity index (χ0v) is 10.2. The third-order valence-corrected chi connectivity index (χ3v) is 2.26. The van der Waals surface area contributed by atoms with E-state index in [4.69, 9.17) is 10.3 Å². The fraction of sp³-hybridized carbons (Fsp3) is 0.250. The lowest BCUT2D eigenvalue weighted by Gasteiger charge is -2.07. The van der Waals surface area contributed by atoms with Crippen LogP contribution in [-0.4, -0.2) is 41.1 Å². The number of amidine groups is 1. The van der Waals surface area contributed by atoms with Gasteiger partial charge in [0.25, 0.3) is 5.91 Å². The highest BCUT2D eigenvalue weighted by Crippen LogP contribution is 1.98. The topological polar surface area (TPSA) is 111 Å². The van der Waals surface area contributed by atoms with E-state index in [1.165, 1.54) is 0 Å². The van der Waals surface area contributed by atoms with Gasteiger partial charge < -0.3 is 20.9 Å². The molecule has 0 unspecified atom stereocenters. The van der Waals surface area contributed by atoms with E-state index in [1.807, 2.05) is 30.3 Å². The third-order valence-electron chi connectivity index (χ3n) is 2.26. The summed E-state index contributed by atoms with van der Waals surface area (Å²) < 4.78 is 0. The highest BCUT2D eigenvalue weighted by molar-refractivity contribution is 6.37. The van der Waals surface area contributed by atoms with Crippen LogP contribution >= 0.6 is 0 Å². The number of carboxylic acids is 1. The number of aliphatic carboxylic acids is 1. The number of hydrogen-bond donors (Lipinski definition) is 4. The first-order valence-corrected chi connectivity index (χ1v) is 5.63. The van der Waals surface area contributed by atoms with Crippen LogP contribution in [0.2, 0.25) is 0 Å². The molecule has 0 atom stereocenters. The Balaban J connectivity index is 2.37. The molecular weight excluding hydrogens is 250 g/mol. The fourth-order valence-corrected chi connectivity index (χ4v) is 1.37. The number of hydrogen-bond acceptors (Lipinski definition) is 4. The summed E-state index contributed by atoms with van der Waals surface area (Å²) in [6, 6.07) is 9.56. The summed E-state index contributed by atoms with van der Waals surface area (Å²) in [4.78, 5) is 21.7. The van der Waals surface area contributed by atoms with Crippen LogP contribution in [0.1, 0.15) is 5.56 Å². The van der Waals surface area contributed by atoms with Crippen LogP contribution in [-0.2, 0) is 16.0 Å². The van der Waals surface area contributed by atoms with Gasteiger partial charge in [-0.2, -0.15) is 0 Å². The molecule has 0 saturated carbocycles. The molecule has 0 aliphatic carbocycles. The van der Waals surface area contributed by atoms with Crippen LogP contribution in [0.5, 0.6) is 0 Å². The van der Waals surface area contributed by atoms with Crippen LogP contribution < -0.4 is 10.6 Å². The van der Waals surface area contributed by atoms with Gasteiger partial charge in [0, 0.05) is 6.54 Å². The molecule has 102 valence electrons. The van der Waals surface area contributed by atoms with Gasteiger partial charge in [0.2, 0.25) is 5.84 Å². The smallest absolute Gasteiger partial charge is 0.322 e. The van der Waals surface area contributed by atoms with E-state index in [9.17, 15) is 9.59 Å². The number of rotatable bonds is 5. The average molecular weight is 265 g/mol. The van der Waals surface area contributed by atoms with Crippen LogP contribution in [0.15, 0.2) is 35.5 Å². The molecule has 0 bridgehead atoms. The minimum Gasteiger partial charge on any atom is -0.480 e. The molecule has 0 saturated heterocycles. The highest BCUT2D eigenvalue weighted by Gasteiger charge is 2.12. The molecule has 0 aliphatic rings. The number of benzene rings is 1. The van der Waals surface area contributed by atoms with Crippen molar-refractivity contribution in [2.45, 2.75) is 6.42 Å². The quantitative estimate of drug-likeness (QED) is 0.255. The minimum absolute atomic E-state index is 0.308. The third kappa shape index (κ3) is 5.53. The van der Waals surface area contributed by atoms with Crippen LogP contribution in [0, 0.1) is 0 Å². The van der Waals surface area contributed by atoms with Crippen molar-refractivity contribution in [3.63, 3.8) is 0 Å². The van der Waals surface area contributed by atoms with Crippen LogP contribution in [0.3, 0.4) is 0 Å². The molecule has 7 heteroatoms. The molecule has 1 aromatic carbocycles. The van der Waals surface area contributed by atoms with Crippen molar-refractivity contribution in [1.29, 1.82) is 0 Å². The van der Waals surface area contributed by atoms with Gasteiger partial charge in [-0.3, -0.25) is 9.59 Å². The summed E-state index contributed by atoms with van der Waals surface area (Å²) >= 11 is 0. The second-order valence-corrected chi connectivity index (χ2v) is 3.69. The van der Waals surface area contributed by atoms with Gasteiger partial charge in [-0.15, -0.1) is 0 Å². The SMILES string of the molecule is O=C(O)CNC(=O)/C(=N\O)NCCc1ccccc1. The van der Waals surface area contributed by atoms with Crippen molar-refractivity contribution in [1.82, 2.24) is 10.6 Å². The highest BCUT2D eigenvalue weighted by atomic mass is 16.4. The molecule has 0 spiro atoms. The fourth-order valence-electron chi connectivity index (χ4n) is 1.37. The van der Waals surface area contributed by atoms with E-state index in [0.717, 1.165) is 5.56 Å². The van der Waals surface area contributed by atoms with Gasteiger partial charge in [-0.25, -0.2) is 0 Å². The normalized spacial score (nSPS) is 10.8. The van der Waals surface area contributed by atoms with Gasteiger partial charge in [0.05, 0.1) is 0 Å². The zero-order chi connectivity index (χ0) is 14.1. The van der Waals surface area contributed by atoms with E-state index in [0.29, 0.717) is 13.0 Å². The Morgan fingerprint density at radius 1 is 1.16 bits per heavy atom. The predicted molar refractivity (Wildman–Crippen MR) is 68.0 cm³/mol. The molecular formula is C12H15N3O4. The van der Waals surface area contributed by atoms with Gasteiger partial charge in [-0.05, 0) is 12.0 Å². The first-order chi connectivity index (χ1) is 9.13. The summed E-state index contributed by atoms with van der Waals surface area (Å²) in [5.74, 6) is -2.25. The molecule has 0 heterocycles. The largest absolute Gasteiger partial charge is 0.480 e. The van der Waals surface area contributed by atoms with E-state index in [1.54, 1.807) is 0 Å². The Hall–Kier alpha value is -2.57. The summed E-state index contributed by atoms with van der Waals surface area (Å²) in [5, 5.41) is 24.6. The standard InChI is InChI=1S/C12H15N3O4/c16-10(17)8-14-12(18)11(15-19)13-7-6-9-4-2-1-3-5-9/h1-5,19H,6-8H2,(H,13,15)(H,14,18)(H,16,17). The molecule has 19 heavy (non-hydrogen) atoms. The van der Waals surface area contributed by atoms with E-state index in [-0.39, 0.29) is 5.84 Å². The lowest BCUT2D eigenvalue weighted by atomic mass is 10.1. The number of carboxylic acid groups (broad SMARTS) is 1. The second kappa shape index (κ2) is 7.70. The molecule has 1 rings (SSSR count). The molecule has 4 N–H and O–H groups in total. The Bertz CT molecular complexity index is 459. The number of oxime groups is 1. The second-order valence-electron chi connectivity index (χ2n) is 3.69. The first kappa shape index (κ1) is 14.5. The Morgan fingerprint density at radius 3 is 2.42 bits per heavy atom. The maximum absolute atomic E-state index is 11.4. The van der Waals surface area contributed by atoms with Crippen molar-refractivity contribution < 1.29 is 19.9 Å².